The molecule has 2 nitrogen and oxygen atoms in total. The number of carbonyl (C=O) groups is 1. The molecule has 0 aromatic heterocycles. The second kappa shape index (κ2) is 4.79. The van der Waals surface area contributed by atoms with Crippen LogP contribution in [0.3, 0.4) is 0 Å². The molecule has 0 heterocycles. The molecular weight excluding hydrogens is 236 g/mol. The van der Waals surface area contributed by atoms with Gasteiger partial charge in [-0.15, -0.1) is 0 Å². The molecule has 0 aliphatic heterocycles. The molecule has 1 aliphatic rings. The average Bonchev–Trinajstić information content (AvgIpc) is 2.35. The van der Waals surface area contributed by atoms with E-state index in [1.165, 1.54) is 0 Å². The fourth-order valence-corrected chi connectivity index (χ4v) is 2.34. The highest BCUT2D eigenvalue weighted by atomic mass is 35.5. The van der Waals surface area contributed by atoms with E-state index < -0.39 is 0 Å². The maximum absolute atomic E-state index is 11.6. The zero-order chi connectivity index (χ0) is 12.5. The molecule has 1 aromatic rings. The molecule has 17 heavy (non-hydrogen) atoms. The summed E-state index contributed by atoms with van der Waals surface area (Å²) in [5, 5.41) is 0.719. The number of ketones is 1. The topological polar surface area (TPSA) is 26.3 Å². The van der Waals surface area contributed by atoms with Gasteiger partial charge in [0.2, 0.25) is 0 Å². The largest absolute Gasteiger partial charge is 0.372 e. The summed E-state index contributed by atoms with van der Waals surface area (Å²) < 4.78 is 5.82. The molecule has 0 saturated heterocycles. The van der Waals surface area contributed by atoms with Gasteiger partial charge in [-0.3, -0.25) is 4.79 Å². The predicted molar refractivity (Wildman–Crippen MR) is 68.1 cm³/mol. The van der Waals surface area contributed by atoms with E-state index in [0.717, 1.165) is 17.0 Å². The lowest BCUT2D eigenvalue weighted by molar-refractivity contribution is -0.163. The number of hydrogen-bond acceptors (Lipinski definition) is 2. The molecule has 1 aromatic carbocycles. The molecule has 0 bridgehead atoms. The molecule has 2 rings (SSSR count). The van der Waals surface area contributed by atoms with Crippen molar-refractivity contribution in [2.45, 2.75) is 39.4 Å². The molecule has 1 aliphatic carbocycles. The summed E-state index contributed by atoms with van der Waals surface area (Å²) >= 11 is 6.06. The van der Waals surface area contributed by atoms with Crippen LogP contribution in [0, 0.1) is 5.41 Å². The Morgan fingerprint density at radius 1 is 1.47 bits per heavy atom. The molecule has 2 unspecified atom stereocenters. The lowest BCUT2D eigenvalue weighted by Crippen LogP contribution is -2.52. The first-order valence-corrected chi connectivity index (χ1v) is 6.34. The summed E-state index contributed by atoms with van der Waals surface area (Å²) in [4.78, 5) is 11.6. The summed E-state index contributed by atoms with van der Waals surface area (Å²) in [5.74, 6) is 0.309. The van der Waals surface area contributed by atoms with Gasteiger partial charge in [-0.2, -0.15) is 0 Å². The van der Waals surface area contributed by atoms with Crippen molar-refractivity contribution in [1.29, 1.82) is 0 Å². The Morgan fingerprint density at radius 3 is 2.76 bits per heavy atom. The average molecular weight is 253 g/mol. The summed E-state index contributed by atoms with van der Waals surface area (Å²) in [6.07, 6.45) is 1.41. The van der Waals surface area contributed by atoms with E-state index in [-0.39, 0.29) is 11.5 Å². The van der Waals surface area contributed by atoms with Crippen LogP contribution in [0.5, 0.6) is 0 Å². The van der Waals surface area contributed by atoms with Gasteiger partial charge in [0, 0.05) is 11.4 Å². The Labute approximate surface area is 107 Å². The van der Waals surface area contributed by atoms with Gasteiger partial charge in [0.15, 0.2) is 0 Å². The monoisotopic (exact) mass is 252 g/mol. The van der Waals surface area contributed by atoms with Crippen molar-refractivity contribution >= 4 is 17.4 Å². The van der Waals surface area contributed by atoms with Gasteiger partial charge in [0.1, 0.15) is 5.78 Å². The lowest BCUT2D eigenvalue weighted by atomic mass is 9.64. The van der Waals surface area contributed by atoms with E-state index in [1.54, 1.807) is 0 Å². The Balaban J connectivity index is 1.96. The van der Waals surface area contributed by atoms with Crippen LogP contribution in [-0.4, -0.2) is 11.9 Å². The zero-order valence-electron chi connectivity index (χ0n) is 10.2. The van der Waals surface area contributed by atoms with E-state index in [0.29, 0.717) is 18.8 Å². The van der Waals surface area contributed by atoms with Crippen molar-refractivity contribution in [1.82, 2.24) is 0 Å². The molecule has 3 heteroatoms. The number of benzene rings is 1. The van der Waals surface area contributed by atoms with E-state index >= 15 is 0 Å². The molecule has 0 amide bonds. The number of rotatable bonds is 4. The zero-order valence-corrected chi connectivity index (χ0v) is 11.0. The normalized spacial score (nSPS) is 27.9. The second-order valence-corrected chi connectivity index (χ2v) is 5.20. The first-order valence-electron chi connectivity index (χ1n) is 5.96. The Morgan fingerprint density at radius 2 is 2.18 bits per heavy atom. The lowest BCUT2D eigenvalue weighted by Gasteiger charge is -2.44. The predicted octanol–water partition coefficient (Wildman–Crippen LogP) is 3.61. The first-order chi connectivity index (χ1) is 8.08. The smallest absolute Gasteiger partial charge is 0.143 e. The second-order valence-electron chi connectivity index (χ2n) is 4.79. The molecule has 0 radical (unpaired) electrons. The van der Waals surface area contributed by atoms with Crippen LogP contribution in [0.4, 0.5) is 0 Å². The van der Waals surface area contributed by atoms with Crippen LogP contribution in [0.1, 0.15) is 32.3 Å². The first kappa shape index (κ1) is 12.6. The van der Waals surface area contributed by atoms with Crippen LogP contribution < -0.4 is 0 Å². The maximum atomic E-state index is 11.6. The standard InChI is InChI=1S/C14H17ClO2/c1-3-14(2)12(16)8-13(14)17-9-10-6-4-5-7-11(10)15/h4-7,13H,3,8-9H2,1-2H3. The van der Waals surface area contributed by atoms with Crippen LogP contribution in [-0.2, 0) is 16.1 Å². The van der Waals surface area contributed by atoms with Gasteiger partial charge in [-0.05, 0) is 18.1 Å². The van der Waals surface area contributed by atoms with Crippen LogP contribution in [0.25, 0.3) is 0 Å². The third-order valence-corrected chi connectivity index (χ3v) is 4.22. The molecule has 92 valence electrons. The highest BCUT2D eigenvalue weighted by Gasteiger charge is 2.50. The minimum atomic E-state index is -0.290. The van der Waals surface area contributed by atoms with Gasteiger partial charge in [-0.1, -0.05) is 43.6 Å². The quantitative estimate of drug-likeness (QED) is 0.818. The highest BCUT2D eigenvalue weighted by Crippen LogP contribution is 2.42. The number of Topliss-reactive ketones (excluding diaryl/α,β-unsaturated/α-hetero) is 1. The van der Waals surface area contributed by atoms with Gasteiger partial charge in [0.05, 0.1) is 18.1 Å². The van der Waals surface area contributed by atoms with Gasteiger partial charge >= 0.3 is 0 Å². The molecule has 0 spiro atoms. The van der Waals surface area contributed by atoms with E-state index in [1.807, 2.05) is 38.1 Å². The molecule has 2 atom stereocenters. The summed E-state index contributed by atoms with van der Waals surface area (Å²) in [6.45, 7) is 4.49. The van der Waals surface area contributed by atoms with Crippen LogP contribution >= 0.6 is 11.6 Å². The fourth-order valence-electron chi connectivity index (χ4n) is 2.15. The Kier molecular flexibility index (Phi) is 3.55. The third-order valence-electron chi connectivity index (χ3n) is 3.85. The highest BCUT2D eigenvalue weighted by molar-refractivity contribution is 6.31. The van der Waals surface area contributed by atoms with Crippen LogP contribution in [0.15, 0.2) is 24.3 Å². The number of carbonyl (C=O) groups excluding carboxylic acids is 1. The number of hydrogen-bond donors (Lipinski definition) is 0. The van der Waals surface area contributed by atoms with Gasteiger partial charge < -0.3 is 4.74 Å². The van der Waals surface area contributed by atoms with Crippen molar-refractivity contribution in [2.24, 2.45) is 5.41 Å². The van der Waals surface area contributed by atoms with Crippen molar-refractivity contribution in [2.75, 3.05) is 0 Å². The Hall–Kier alpha value is -0.860. The minimum Gasteiger partial charge on any atom is -0.372 e. The number of halogens is 1. The molecule has 1 saturated carbocycles. The summed E-state index contributed by atoms with van der Waals surface area (Å²) in [5.41, 5.74) is 0.688. The molecule has 0 N–H and O–H groups in total. The Bertz CT molecular complexity index is 430. The van der Waals surface area contributed by atoms with Crippen molar-refractivity contribution in [3.8, 4) is 0 Å². The molecular formula is C14H17ClO2. The van der Waals surface area contributed by atoms with E-state index in [9.17, 15) is 4.79 Å². The van der Waals surface area contributed by atoms with Crippen LogP contribution in [0.2, 0.25) is 5.02 Å². The maximum Gasteiger partial charge on any atom is 0.143 e. The third kappa shape index (κ3) is 2.24. The summed E-state index contributed by atoms with van der Waals surface area (Å²) in [7, 11) is 0. The van der Waals surface area contributed by atoms with Crippen molar-refractivity contribution in [3.63, 3.8) is 0 Å². The van der Waals surface area contributed by atoms with Crippen molar-refractivity contribution < 1.29 is 9.53 Å². The minimum absolute atomic E-state index is 0.0382. The SMILES string of the molecule is CCC1(C)C(=O)CC1OCc1ccccc1Cl. The van der Waals surface area contributed by atoms with Gasteiger partial charge in [0.25, 0.3) is 0 Å². The fraction of sp³-hybridized carbons (Fsp3) is 0.500. The van der Waals surface area contributed by atoms with E-state index in [4.69, 9.17) is 16.3 Å². The molecule has 1 fully saturated rings. The number of ether oxygens (including phenoxy) is 1. The van der Waals surface area contributed by atoms with Gasteiger partial charge in [-0.25, -0.2) is 0 Å². The summed E-state index contributed by atoms with van der Waals surface area (Å²) in [6, 6.07) is 7.64. The van der Waals surface area contributed by atoms with E-state index in [2.05, 4.69) is 0 Å². The van der Waals surface area contributed by atoms with Crippen molar-refractivity contribution in [3.05, 3.63) is 34.9 Å².